The predicted octanol–water partition coefficient (Wildman–Crippen LogP) is -0.264. The van der Waals surface area contributed by atoms with E-state index in [0.29, 0.717) is 0 Å². The van der Waals surface area contributed by atoms with Gasteiger partial charge in [0.15, 0.2) is 0 Å². The van der Waals surface area contributed by atoms with E-state index in [-0.39, 0.29) is 24.3 Å². The molecule has 3 nitrogen and oxygen atoms in total. The maximum Gasteiger partial charge on any atom is 0.220 e. The highest BCUT2D eigenvalue weighted by Gasteiger charge is 2.15. The molecular formula is C6H13NO2. The van der Waals surface area contributed by atoms with E-state index in [1.165, 1.54) is 0 Å². The Labute approximate surface area is 54.9 Å². The maximum atomic E-state index is 10.4. The molecule has 0 spiro atoms. The lowest BCUT2D eigenvalue weighted by atomic mass is 9.97. The van der Waals surface area contributed by atoms with E-state index < -0.39 is 0 Å². The number of hydrogen-bond donors (Lipinski definition) is 2. The maximum absolute atomic E-state index is 10.4. The van der Waals surface area contributed by atoms with Gasteiger partial charge in [0.25, 0.3) is 0 Å². The third kappa shape index (κ3) is 2.46. The number of aliphatic hydroxyl groups is 1. The number of carbonyl (C=O) groups excluding carboxylic acids is 1. The molecule has 0 radical (unpaired) electrons. The summed E-state index contributed by atoms with van der Waals surface area (Å²) in [6.07, 6.45) is 0. The van der Waals surface area contributed by atoms with Crippen molar-refractivity contribution in [2.75, 3.05) is 6.61 Å². The Bertz CT molecular complexity index is 103. The van der Waals surface area contributed by atoms with E-state index in [1.807, 2.05) is 0 Å². The normalized spacial score (nSPS) is 16.8. The lowest BCUT2D eigenvalue weighted by molar-refractivity contribution is -0.123. The Morgan fingerprint density at radius 2 is 2.11 bits per heavy atom. The van der Waals surface area contributed by atoms with Crippen molar-refractivity contribution in [2.24, 2.45) is 17.6 Å². The summed E-state index contributed by atoms with van der Waals surface area (Å²) in [6.45, 7) is 3.52. The van der Waals surface area contributed by atoms with Crippen LogP contribution < -0.4 is 5.73 Å². The van der Waals surface area contributed by atoms with Crippen LogP contribution in [0.25, 0.3) is 0 Å². The highest BCUT2D eigenvalue weighted by atomic mass is 16.3. The van der Waals surface area contributed by atoms with Crippen molar-refractivity contribution in [1.82, 2.24) is 0 Å². The molecule has 0 aromatic rings. The van der Waals surface area contributed by atoms with Gasteiger partial charge in [0.05, 0.1) is 0 Å². The second-order valence-electron chi connectivity index (χ2n) is 2.35. The van der Waals surface area contributed by atoms with Gasteiger partial charge in [-0.3, -0.25) is 4.79 Å². The molecule has 2 atom stereocenters. The summed E-state index contributed by atoms with van der Waals surface area (Å²) in [4.78, 5) is 10.4. The summed E-state index contributed by atoms with van der Waals surface area (Å²) in [6, 6.07) is 0. The van der Waals surface area contributed by atoms with Gasteiger partial charge in [-0.05, 0) is 5.92 Å². The van der Waals surface area contributed by atoms with E-state index in [4.69, 9.17) is 10.8 Å². The van der Waals surface area contributed by atoms with Gasteiger partial charge in [0.1, 0.15) is 0 Å². The van der Waals surface area contributed by atoms with Crippen molar-refractivity contribution in [3.8, 4) is 0 Å². The molecule has 0 aliphatic carbocycles. The van der Waals surface area contributed by atoms with E-state index in [9.17, 15) is 4.79 Å². The van der Waals surface area contributed by atoms with Gasteiger partial charge < -0.3 is 10.8 Å². The average Bonchev–Trinajstić information content (AvgIpc) is 1.84. The number of rotatable bonds is 3. The fraction of sp³-hybridized carbons (Fsp3) is 0.833. The molecule has 54 valence electrons. The zero-order valence-corrected chi connectivity index (χ0v) is 5.79. The van der Waals surface area contributed by atoms with E-state index in [2.05, 4.69) is 0 Å². The molecule has 0 rings (SSSR count). The van der Waals surface area contributed by atoms with Crippen molar-refractivity contribution in [2.45, 2.75) is 13.8 Å². The lowest BCUT2D eigenvalue weighted by Gasteiger charge is -2.12. The lowest BCUT2D eigenvalue weighted by Crippen LogP contribution is -2.27. The van der Waals surface area contributed by atoms with Crippen LogP contribution in [0.1, 0.15) is 13.8 Å². The third-order valence-electron chi connectivity index (χ3n) is 1.59. The molecular weight excluding hydrogens is 118 g/mol. The fourth-order valence-electron chi connectivity index (χ4n) is 0.439. The average molecular weight is 131 g/mol. The van der Waals surface area contributed by atoms with Crippen LogP contribution >= 0.6 is 0 Å². The van der Waals surface area contributed by atoms with Crippen LogP contribution in [0, 0.1) is 11.8 Å². The molecule has 3 heteroatoms. The van der Waals surface area contributed by atoms with Crippen LogP contribution in [0.5, 0.6) is 0 Å². The van der Waals surface area contributed by atoms with Crippen LogP contribution in [0.3, 0.4) is 0 Å². The minimum Gasteiger partial charge on any atom is -0.396 e. The second kappa shape index (κ2) is 3.45. The monoisotopic (exact) mass is 131 g/mol. The molecule has 0 fully saturated rings. The highest BCUT2D eigenvalue weighted by molar-refractivity contribution is 5.76. The van der Waals surface area contributed by atoms with Gasteiger partial charge in [-0.2, -0.15) is 0 Å². The minimum atomic E-state index is -0.350. The zero-order chi connectivity index (χ0) is 7.44. The predicted molar refractivity (Wildman–Crippen MR) is 34.6 cm³/mol. The van der Waals surface area contributed by atoms with Crippen LogP contribution in [0.15, 0.2) is 0 Å². The SMILES string of the molecule is CC(CO)[C@@H](C)C(N)=O. The summed E-state index contributed by atoms with van der Waals surface area (Å²) in [5.74, 6) is -0.603. The molecule has 0 heterocycles. The van der Waals surface area contributed by atoms with Gasteiger partial charge in [-0.1, -0.05) is 13.8 Å². The first-order valence-electron chi connectivity index (χ1n) is 2.99. The van der Waals surface area contributed by atoms with Gasteiger partial charge in [-0.15, -0.1) is 0 Å². The smallest absolute Gasteiger partial charge is 0.220 e. The zero-order valence-electron chi connectivity index (χ0n) is 5.79. The third-order valence-corrected chi connectivity index (χ3v) is 1.59. The van der Waals surface area contributed by atoms with Crippen molar-refractivity contribution in [3.05, 3.63) is 0 Å². The Morgan fingerprint density at radius 3 is 2.22 bits per heavy atom. The Balaban J connectivity index is 3.72. The van der Waals surface area contributed by atoms with Crippen molar-refractivity contribution in [1.29, 1.82) is 0 Å². The summed E-state index contributed by atoms with van der Waals surface area (Å²) < 4.78 is 0. The summed E-state index contributed by atoms with van der Waals surface area (Å²) in [5.41, 5.74) is 4.96. The Hall–Kier alpha value is -0.570. The van der Waals surface area contributed by atoms with Crippen molar-refractivity contribution in [3.63, 3.8) is 0 Å². The van der Waals surface area contributed by atoms with Crippen LogP contribution in [0.2, 0.25) is 0 Å². The minimum absolute atomic E-state index is 0.0180. The fourth-order valence-corrected chi connectivity index (χ4v) is 0.439. The number of hydrogen-bond acceptors (Lipinski definition) is 2. The Morgan fingerprint density at radius 1 is 1.67 bits per heavy atom. The van der Waals surface area contributed by atoms with E-state index in [1.54, 1.807) is 13.8 Å². The first-order valence-corrected chi connectivity index (χ1v) is 2.99. The van der Waals surface area contributed by atoms with Gasteiger partial charge in [0.2, 0.25) is 5.91 Å². The summed E-state index contributed by atoms with van der Waals surface area (Å²) in [7, 11) is 0. The first kappa shape index (κ1) is 8.43. The quantitative estimate of drug-likeness (QED) is 0.554. The largest absolute Gasteiger partial charge is 0.396 e. The molecule has 0 bridgehead atoms. The first-order chi connectivity index (χ1) is 4.09. The molecule has 0 saturated carbocycles. The molecule has 0 aliphatic rings. The molecule has 1 unspecified atom stereocenters. The van der Waals surface area contributed by atoms with Gasteiger partial charge >= 0.3 is 0 Å². The molecule has 0 aliphatic heterocycles. The highest BCUT2D eigenvalue weighted by Crippen LogP contribution is 2.07. The number of primary amides is 1. The van der Waals surface area contributed by atoms with E-state index >= 15 is 0 Å². The Kier molecular flexibility index (Phi) is 3.24. The van der Waals surface area contributed by atoms with Gasteiger partial charge in [0, 0.05) is 12.5 Å². The summed E-state index contributed by atoms with van der Waals surface area (Å²) in [5, 5.41) is 8.55. The molecule has 0 saturated heterocycles. The van der Waals surface area contributed by atoms with Crippen molar-refractivity contribution >= 4 is 5.91 Å². The second-order valence-corrected chi connectivity index (χ2v) is 2.35. The molecule has 3 N–H and O–H groups in total. The number of nitrogens with two attached hydrogens (primary N) is 1. The van der Waals surface area contributed by atoms with Gasteiger partial charge in [-0.25, -0.2) is 0 Å². The van der Waals surface area contributed by atoms with E-state index in [0.717, 1.165) is 0 Å². The van der Waals surface area contributed by atoms with Crippen LogP contribution in [0.4, 0.5) is 0 Å². The molecule has 9 heavy (non-hydrogen) atoms. The molecule has 1 amide bonds. The molecule has 0 aromatic heterocycles. The van der Waals surface area contributed by atoms with Crippen LogP contribution in [-0.4, -0.2) is 17.6 Å². The summed E-state index contributed by atoms with van der Waals surface area (Å²) >= 11 is 0. The standard InChI is InChI=1S/C6H13NO2/c1-4(3-8)5(2)6(7)9/h4-5,8H,3H2,1-2H3,(H2,7,9)/t4?,5-/m1/s1. The number of carbonyl (C=O) groups is 1. The van der Waals surface area contributed by atoms with Crippen LogP contribution in [-0.2, 0) is 4.79 Å². The van der Waals surface area contributed by atoms with Crippen molar-refractivity contribution < 1.29 is 9.90 Å². The number of aliphatic hydroxyl groups excluding tert-OH is 1. The number of amides is 1. The topological polar surface area (TPSA) is 63.3 Å². The molecule has 0 aromatic carbocycles.